The molecule has 2 aromatic carbocycles. The van der Waals surface area contributed by atoms with Crippen LogP contribution in [-0.4, -0.2) is 26.2 Å². The number of nitrogens with two attached hydrogens (primary N) is 1. The summed E-state index contributed by atoms with van der Waals surface area (Å²) in [6.45, 7) is 3.12. The van der Waals surface area contributed by atoms with Gasteiger partial charge < -0.3 is 10.6 Å². The summed E-state index contributed by atoms with van der Waals surface area (Å²) in [4.78, 5) is 23.6. The molecule has 2 aromatic rings. The van der Waals surface area contributed by atoms with Crippen LogP contribution in [0.4, 0.5) is 11.4 Å². The Kier molecular flexibility index (Phi) is 5.55. The maximum absolute atomic E-state index is 12.3. The molecule has 25 heavy (non-hydrogen) atoms. The summed E-state index contributed by atoms with van der Waals surface area (Å²) in [5.74, 6) is -0.430. The SMILES string of the molecule is CC(=O)c1cccc(NC(C)C(=O)Nc2cccc(S(N)(=O)=O)c2)c1. The molecule has 2 rings (SSSR count). The second-order valence-electron chi connectivity index (χ2n) is 5.57. The number of primary sulfonamides is 1. The Bertz CT molecular complexity index is 910. The highest BCUT2D eigenvalue weighted by molar-refractivity contribution is 7.89. The number of hydrogen-bond acceptors (Lipinski definition) is 5. The van der Waals surface area contributed by atoms with Gasteiger partial charge in [-0.05, 0) is 44.2 Å². The minimum atomic E-state index is -3.84. The number of ketones is 1. The number of hydrogen-bond donors (Lipinski definition) is 3. The summed E-state index contributed by atoms with van der Waals surface area (Å²) >= 11 is 0. The Morgan fingerprint density at radius 3 is 2.32 bits per heavy atom. The predicted molar refractivity (Wildman–Crippen MR) is 96.0 cm³/mol. The van der Waals surface area contributed by atoms with Crippen molar-refractivity contribution >= 4 is 33.1 Å². The maximum atomic E-state index is 12.3. The summed E-state index contributed by atoms with van der Waals surface area (Å²) < 4.78 is 22.7. The Morgan fingerprint density at radius 1 is 1.04 bits per heavy atom. The fourth-order valence-electron chi connectivity index (χ4n) is 2.14. The molecular formula is C17H19N3O4S. The Balaban J connectivity index is 2.08. The van der Waals surface area contributed by atoms with E-state index < -0.39 is 16.1 Å². The van der Waals surface area contributed by atoms with Crippen LogP contribution in [0.5, 0.6) is 0 Å². The van der Waals surface area contributed by atoms with E-state index in [1.165, 1.54) is 25.1 Å². The Hall–Kier alpha value is -2.71. The van der Waals surface area contributed by atoms with Gasteiger partial charge in [-0.1, -0.05) is 18.2 Å². The fraction of sp³-hybridized carbons (Fsp3) is 0.176. The number of amides is 1. The second kappa shape index (κ2) is 7.45. The van der Waals surface area contributed by atoms with Gasteiger partial charge in [-0.25, -0.2) is 13.6 Å². The van der Waals surface area contributed by atoms with Crippen molar-refractivity contribution in [1.82, 2.24) is 0 Å². The molecule has 0 aromatic heterocycles. The molecule has 132 valence electrons. The molecule has 0 saturated heterocycles. The fourth-order valence-corrected chi connectivity index (χ4v) is 2.70. The van der Waals surface area contributed by atoms with Crippen molar-refractivity contribution in [2.24, 2.45) is 5.14 Å². The average molecular weight is 361 g/mol. The number of benzene rings is 2. The molecule has 0 saturated carbocycles. The van der Waals surface area contributed by atoms with E-state index in [9.17, 15) is 18.0 Å². The van der Waals surface area contributed by atoms with E-state index in [0.29, 0.717) is 16.9 Å². The van der Waals surface area contributed by atoms with E-state index >= 15 is 0 Å². The first-order valence-corrected chi connectivity index (χ1v) is 9.03. The van der Waals surface area contributed by atoms with Crippen molar-refractivity contribution in [1.29, 1.82) is 0 Å². The molecule has 0 heterocycles. The third-order valence-corrected chi connectivity index (χ3v) is 4.39. The third kappa shape index (κ3) is 5.13. The number of carbonyl (C=O) groups is 2. The molecule has 1 amide bonds. The van der Waals surface area contributed by atoms with E-state index in [-0.39, 0.29) is 16.6 Å². The highest BCUT2D eigenvalue weighted by Gasteiger charge is 2.15. The third-order valence-electron chi connectivity index (χ3n) is 3.48. The van der Waals surface area contributed by atoms with Crippen molar-refractivity contribution in [2.75, 3.05) is 10.6 Å². The monoisotopic (exact) mass is 361 g/mol. The van der Waals surface area contributed by atoms with Gasteiger partial charge in [0.1, 0.15) is 6.04 Å². The van der Waals surface area contributed by atoms with Crippen LogP contribution in [0, 0.1) is 0 Å². The molecule has 1 unspecified atom stereocenters. The van der Waals surface area contributed by atoms with Crippen LogP contribution in [0.1, 0.15) is 24.2 Å². The molecule has 4 N–H and O–H groups in total. The Morgan fingerprint density at radius 2 is 1.68 bits per heavy atom. The first kappa shape index (κ1) is 18.6. The quantitative estimate of drug-likeness (QED) is 0.680. The van der Waals surface area contributed by atoms with Gasteiger partial charge in [0, 0.05) is 16.9 Å². The molecule has 0 radical (unpaired) electrons. The Labute approximate surface area is 146 Å². The number of rotatable bonds is 6. The van der Waals surface area contributed by atoms with Crippen molar-refractivity contribution < 1.29 is 18.0 Å². The van der Waals surface area contributed by atoms with E-state index in [1.807, 2.05) is 0 Å². The molecule has 1 atom stereocenters. The zero-order valence-corrected chi connectivity index (χ0v) is 14.6. The van der Waals surface area contributed by atoms with Gasteiger partial charge >= 0.3 is 0 Å². The molecule has 8 heteroatoms. The number of nitrogens with one attached hydrogen (secondary N) is 2. The van der Waals surface area contributed by atoms with Crippen molar-refractivity contribution in [2.45, 2.75) is 24.8 Å². The van der Waals surface area contributed by atoms with E-state index in [0.717, 1.165) is 0 Å². The second-order valence-corrected chi connectivity index (χ2v) is 7.13. The van der Waals surface area contributed by atoms with Gasteiger partial charge in [0.05, 0.1) is 4.90 Å². The lowest BCUT2D eigenvalue weighted by molar-refractivity contribution is -0.116. The smallest absolute Gasteiger partial charge is 0.246 e. The van der Waals surface area contributed by atoms with Crippen LogP contribution in [0.25, 0.3) is 0 Å². The van der Waals surface area contributed by atoms with Gasteiger partial charge in [-0.3, -0.25) is 9.59 Å². The van der Waals surface area contributed by atoms with E-state index in [2.05, 4.69) is 10.6 Å². The van der Waals surface area contributed by atoms with Crippen LogP contribution < -0.4 is 15.8 Å². The molecule has 0 spiro atoms. The predicted octanol–water partition coefficient (Wildman–Crippen LogP) is 1.98. The molecule has 0 bridgehead atoms. The molecule has 0 aliphatic heterocycles. The zero-order chi connectivity index (χ0) is 18.6. The molecule has 0 fully saturated rings. The summed E-state index contributed by atoms with van der Waals surface area (Å²) in [5, 5.41) is 10.7. The van der Waals surface area contributed by atoms with Crippen molar-refractivity contribution in [3.8, 4) is 0 Å². The van der Waals surface area contributed by atoms with E-state index in [1.54, 1.807) is 37.3 Å². The first-order valence-electron chi connectivity index (χ1n) is 7.48. The first-order chi connectivity index (χ1) is 11.7. The lowest BCUT2D eigenvalue weighted by atomic mass is 10.1. The highest BCUT2D eigenvalue weighted by atomic mass is 32.2. The van der Waals surface area contributed by atoms with Gasteiger partial charge in [0.25, 0.3) is 0 Å². The van der Waals surface area contributed by atoms with Crippen molar-refractivity contribution in [3.05, 3.63) is 54.1 Å². The highest BCUT2D eigenvalue weighted by Crippen LogP contribution is 2.16. The number of sulfonamides is 1. The number of Topliss-reactive ketones (excluding diaryl/α,β-unsaturated/α-hetero) is 1. The van der Waals surface area contributed by atoms with Gasteiger partial charge in [0.2, 0.25) is 15.9 Å². The lowest BCUT2D eigenvalue weighted by Gasteiger charge is -2.16. The van der Waals surface area contributed by atoms with Crippen LogP contribution >= 0.6 is 0 Å². The normalized spacial score (nSPS) is 12.3. The van der Waals surface area contributed by atoms with Crippen LogP contribution in [0.2, 0.25) is 0 Å². The van der Waals surface area contributed by atoms with Gasteiger partial charge in [-0.15, -0.1) is 0 Å². The van der Waals surface area contributed by atoms with Gasteiger partial charge in [-0.2, -0.15) is 0 Å². The zero-order valence-electron chi connectivity index (χ0n) is 13.8. The van der Waals surface area contributed by atoms with Crippen LogP contribution in [-0.2, 0) is 14.8 Å². The summed E-state index contributed by atoms with van der Waals surface area (Å²) in [5.41, 5.74) is 1.50. The van der Waals surface area contributed by atoms with Crippen molar-refractivity contribution in [3.63, 3.8) is 0 Å². The minimum absolute atomic E-state index is 0.0689. The van der Waals surface area contributed by atoms with E-state index in [4.69, 9.17) is 5.14 Å². The topological polar surface area (TPSA) is 118 Å². The van der Waals surface area contributed by atoms with Crippen LogP contribution in [0.15, 0.2) is 53.4 Å². The number of anilines is 2. The minimum Gasteiger partial charge on any atom is -0.374 e. The standard InChI is InChI=1S/C17H19N3O4S/c1-11(19-14-6-3-5-13(9-14)12(2)21)17(22)20-15-7-4-8-16(10-15)25(18,23)24/h3-11,19H,1-2H3,(H,20,22)(H2,18,23,24). The number of carbonyl (C=O) groups excluding carboxylic acids is 2. The summed E-state index contributed by atoms with van der Waals surface area (Å²) in [6.07, 6.45) is 0. The lowest BCUT2D eigenvalue weighted by Crippen LogP contribution is -2.32. The molecular weight excluding hydrogens is 342 g/mol. The molecule has 7 nitrogen and oxygen atoms in total. The average Bonchev–Trinajstić information content (AvgIpc) is 2.54. The summed E-state index contributed by atoms with van der Waals surface area (Å²) in [6, 6.07) is 11.9. The maximum Gasteiger partial charge on any atom is 0.246 e. The molecule has 0 aliphatic rings. The summed E-state index contributed by atoms with van der Waals surface area (Å²) in [7, 11) is -3.84. The molecule has 0 aliphatic carbocycles. The largest absolute Gasteiger partial charge is 0.374 e. The van der Waals surface area contributed by atoms with Crippen LogP contribution in [0.3, 0.4) is 0 Å². The van der Waals surface area contributed by atoms with Gasteiger partial charge in [0.15, 0.2) is 5.78 Å².